The zero-order valence-electron chi connectivity index (χ0n) is 17.5. The second-order valence-corrected chi connectivity index (χ2v) is 8.13. The first-order valence-electron chi connectivity index (χ1n) is 10.4. The number of anilines is 1. The second-order valence-electron chi connectivity index (χ2n) is 7.26. The van der Waals surface area contributed by atoms with Gasteiger partial charge in [0, 0.05) is 28.1 Å². The molecular formula is C24H28Cl2N4. The van der Waals surface area contributed by atoms with Crippen molar-refractivity contribution in [2.75, 3.05) is 31.5 Å². The van der Waals surface area contributed by atoms with Crippen molar-refractivity contribution in [3.8, 4) is 11.3 Å². The second kappa shape index (κ2) is 11.3. The Bertz CT molecular complexity index is 892. The zero-order valence-corrected chi connectivity index (χ0v) is 19.0. The molecule has 1 heterocycles. The largest absolute Gasteiger partial charge is 0.368 e. The Balaban J connectivity index is 1.66. The van der Waals surface area contributed by atoms with Crippen LogP contribution in [-0.4, -0.2) is 41.3 Å². The predicted octanol–water partition coefficient (Wildman–Crippen LogP) is 6.38. The molecule has 6 heteroatoms. The molecule has 4 nitrogen and oxygen atoms in total. The number of halogens is 2. The molecule has 0 spiro atoms. The average Bonchev–Trinajstić information content (AvgIpc) is 2.78. The van der Waals surface area contributed by atoms with Crippen molar-refractivity contribution in [3.63, 3.8) is 0 Å². The zero-order chi connectivity index (χ0) is 21.3. The van der Waals surface area contributed by atoms with Crippen LogP contribution < -0.4 is 5.32 Å². The number of nitrogens with one attached hydrogen (secondary N) is 1. The molecule has 0 saturated carbocycles. The lowest BCUT2D eigenvalue weighted by atomic mass is 9.95. The number of hydrogen-bond acceptors (Lipinski definition) is 4. The van der Waals surface area contributed by atoms with Crippen LogP contribution in [-0.2, 0) is 0 Å². The van der Waals surface area contributed by atoms with Gasteiger partial charge in [-0.3, -0.25) is 0 Å². The Labute approximate surface area is 189 Å². The molecule has 0 aliphatic rings. The van der Waals surface area contributed by atoms with Crippen molar-refractivity contribution in [1.29, 1.82) is 0 Å². The van der Waals surface area contributed by atoms with Crippen LogP contribution in [0.3, 0.4) is 0 Å². The van der Waals surface area contributed by atoms with E-state index >= 15 is 0 Å². The maximum atomic E-state index is 6.09. The van der Waals surface area contributed by atoms with Crippen molar-refractivity contribution >= 4 is 29.0 Å². The van der Waals surface area contributed by atoms with Crippen molar-refractivity contribution in [3.05, 3.63) is 76.3 Å². The number of benzene rings is 2. The Hall–Kier alpha value is -2.14. The lowest BCUT2D eigenvalue weighted by molar-refractivity contribution is 0.291. The van der Waals surface area contributed by atoms with E-state index in [-0.39, 0.29) is 0 Å². The van der Waals surface area contributed by atoms with Gasteiger partial charge >= 0.3 is 0 Å². The van der Waals surface area contributed by atoms with Gasteiger partial charge in [0.25, 0.3) is 0 Å². The van der Waals surface area contributed by atoms with Crippen LogP contribution in [0.25, 0.3) is 11.3 Å². The van der Waals surface area contributed by atoms with Crippen LogP contribution in [0.2, 0.25) is 10.0 Å². The van der Waals surface area contributed by atoms with Crippen molar-refractivity contribution < 1.29 is 0 Å². The van der Waals surface area contributed by atoms with E-state index in [1.165, 1.54) is 5.56 Å². The summed E-state index contributed by atoms with van der Waals surface area (Å²) in [7, 11) is 0. The minimum absolute atomic E-state index is 0.362. The van der Waals surface area contributed by atoms with Crippen LogP contribution in [0.1, 0.15) is 31.7 Å². The first kappa shape index (κ1) is 22.5. The Morgan fingerprint density at radius 1 is 0.833 bits per heavy atom. The van der Waals surface area contributed by atoms with Gasteiger partial charge in [0.05, 0.1) is 5.69 Å². The van der Waals surface area contributed by atoms with Gasteiger partial charge in [-0.25, -0.2) is 0 Å². The van der Waals surface area contributed by atoms with E-state index in [1.807, 2.05) is 48.5 Å². The normalized spacial score (nSPS) is 12.2. The first-order valence-corrected chi connectivity index (χ1v) is 11.2. The average molecular weight is 443 g/mol. The Morgan fingerprint density at radius 2 is 1.47 bits per heavy atom. The molecule has 0 bridgehead atoms. The minimum atomic E-state index is 0.362. The molecule has 1 unspecified atom stereocenters. The quantitative estimate of drug-likeness (QED) is 0.395. The van der Waals surface area contributed by atoms with Crippen LogP contribution >= 0.6 is 23.2 Å². The molecule has 30 heavy (non-hydrogen) atoms. The first-order chi connectivity index (χ1) is 14.6. The van der Waals surface area contributed by atoms with E-state index in [2.05, 4.69) is 46.4 Å². The van der Waals surface area contributed by atoms with Crippen LogP contribution in [0.4, 0.5) is 5.82 Å². The smallest absolute Gasteiger partial charge is 0.148 e. The third-order valence-electron chi connectivity index (χ3n) is 5.36. The van der Waals surface area contributed by atoms with Gasteiger partial charge < -0.3 is 10.2 Å². The standard InChI is InChI=1S/C24H28Cl2N4/c1-3-30(4-2)16-15-20(18-5-9-21(25)10-6-18)17-27-24-14-13-23(28-29-24)19-7-11-22(26)12-8-19/h5-14,20H,3-4,15-17H2,1-2H3,(H,27,29). The third kappa shape index (κ3) is 6.43. The fraction of sp³-hybridized carbons (Fsp3) is 0.333. The highest BCUT2D eigenvalue weighted by Crippen LogP contribution is 2.24. The summed E-state index contributed by atoms with van der Waals surface area (Å²) < 4.78 is 0. The fourth-order valence-electron chi connectivity index (χ4n) is 3.43. The highest BCUT2D eigenvalue weighted by molar-refractivity contribution is 6.30. The molecule has 0 aliphatic heterocycles. The van der Waals surface area contributed by atoms with E-state index in [1.54, 1.807) is 0 Å². The van der Waals surface area contributed by atoms with E-state index < -0.39 is 0 Å². The fourth-order valence-corrected chi connectivity index (χ4v) is 3.68. The summed E-state index contributed by atoms with van der Waals surface area (Å²) >= 11 is 12.0. The van der Waals surface area contributed by atoms with Crippen LogP contribution in [0.15, 0.2) is 60.7 Å². The number of nitrogens with zero attached hydrogens (tertiary/aromatic N) is 3. The summed E-state index contributed by atoms with van der Waals surface area (Å²) in [4.78, 5) is 2.45. The molecule has 0 radical (unpaired) electrons. The van der Waals surface area contributed by atoms with Crippen LogP contribution in [0, 0.1) is 0 Å². The summed E-state index contributed by atoms with van der Waals surface area (Å²) in [6.45, 7) is 8.39. The van der Waals surface area contributed by atoms with E-state index in [0.29, 0.717) is 10.9 Å². The number of hydrogen-bond donors (Lipinski definition) is 1. The maximum Gasteiger partial charge on any atom is 0.148 e. The highest BCUT2D eigenvalue weighted by Gasteiger charge is 2.14. The van der Waals surface area contributed by atoms with Gasteiger partial charge in [0.1, 0.15) is 5.82 Å². The highest BCUT2D eigenvalue weighted by atomic mass is 35.5. The molecule has 1 aromatic heterocycles. The minimum Gasteiger partial charge on any atom is -0.368 e. The molecular weight excluding hydrogens is 415 g/mol. The van der Waals surface area contributed by atoms with E-state index in [0.717, 1.165) is 54.7 Å². The topological polar surface area (TPSA) is 41.0 Å². The van der Waals surface area contributed by atoms with Crippen molar-refractivity contribution in [2.24, 2.45) is 0 Å². The third-order valence-corrected chi connectivity index (χ3v) is 5.87. The van der Waals surface area contributed by atoms with Gasteiger partial charge in [-0.2, -0.15) is 0 Å². The Kier molecular flexibility index (Phi) is 8.50. The molecule has 158 valence electrons. The van der Waals surface area contributed by atoms with Crippen molar-refractivity contribution in [2.45, 2.75) is 26.2 Å². The molecule has 3 rings (SSSR count). The maximum absolute atomic E-state index is 6.09. The number of aromatic nitrogens is 2. The summed E-state index contributed by atoms with van der Waals surface area (Å²) in [5, 5.41) is 13.7. The van der Waals surface area contributed by atoms with E-state index in [4.69, 9.17) is 23.2 Å². The summed E-state index contributed by atoms with van der Waals surface area (Å²) in [6, 6.07) is 19.7. The number of rotatable bonds is 10. The predicted molar refractivity (Wildman–Crippen MR) is 128 cm³/mol. The van der Waals surface area contributed by atoms with Crippen LogP contribution in [0.5, 0.6) is 0 Å². The summed E-state index contributed by atoms with van der Waals surface area (Å²) in [6.07, 6.45) is 1.06. The lowest BCUT2D eigenvalue weighted by Crippen LogP contribution is -2.27. The van der Waals surface area contributed by atoms with Gasteiger partial charge in [-0.05, 0) is 68.0 Å². The molecule has 0 saturated heterocycles. The van der Waals surface area contributed by atoms with Gasteiger partial charge in [0.15, 0.2) is 0 Å². The summed E-state index contributed by atoms with van der Waals surface area (Å²) in [5.41, 5.74) is 3.11. The molecule has 1 atom stereocenters. The van der Waals surface area contributed by atoms with Gasteiger partial charge in [-0.1, -0.05) is 61.3 Å². The lowest BCUT2D eigenvalue weighted by Gasteiger charge is -2.23. The van der Waals surface area contributed by atoms with Gasteiger partial charge in [-0.15, -0.1) is 10.2 Å². The molecule has 1 N–H and O–H groups in total. The molecule has 3 aromatic rings. The Morgan fingerprint density at radius 3 is 2.03 bits per heavy atom. The van der Waals surface area contributed by atoms with E-state index in [9.17, 15) is 0 Å². The summed E-state index contributed by atoms with van der Waals surface area (Å²) in [5.74, 6) is 1.13. The SMILES string of the molecule is CCN(CC)CCC(CNc1ccc(-c2ccc(Cl)cc2)nn1)c1ccc(Cl)cc1. The molecule has 2 aromatic carbocycles. The molecule has 0 fully saturated rings. The monoisotopic (exact) mass is 442 g/mol. The molecule has 0 aliphatic carbocycles. The van der Waals surface area contributed by atoms with Gasteiger partial charge in [0.2, 0.25) is 0 Å². The van der Waals surface area contributed by atoms with Crippen molar-refractivity contribution in [1.82, 2.24) is 15.1 Å². The molecule has 0 amide bonds.